The van der Waals surface area contributed by atoms with Crippen molar-refractivity contribution in [3.05, 3.63) is 28.6 Å². The van der Waals surface area contributed by atoms with E-state index in [0.29, 0.717) is 5.75 Å². The summed E-state index contributed by atoms with van der Waals surface area (Å²) in [4.78, 5) is 16.3. The molecular formula is C15H16N2O2S. The van der Waals surface area contributed by atoms with Gasteiger partial charge in [0.2, 0.25) is 0 Å². The van der Waals surface area contributed by atoms with Gasteiger partial charge in [0.25, 0.3) is 5.91 Å². The Balaban J connectivity index is 1.91. The molecule has 1 unspecified atom stereocenters. The zero-order valence-electron chi connectivity index (χ0n) is 11.5. The van der Waals surface area contributed by atoms with Crippen molar-refractivity contribution in [1.29, 1.82) is 0 Å². The van der Waals surface area contributed by atoms with Crippen LogP contribution in [0.1, 0.15) is 25.3 Å². The second-order valence-corrected chi connectivity index (χ2v) is 5.78. The normalized spacial score (nSPS) is 17.3. The number of nitrogens with one attached hydrogen (secondary N) is 1. The van der Waals surface area contributed by atoms with Crippen molar-refractivity contribution >= 4 is 22.9 Å². The molecule has 1 aliphatic rings. The molecule has 0 radical (unpaired) electrons. The molecule has 104 valence electrons. The van der Waals surface area contributed by atoms with E-state index in [0.717, 1.165) is 34.8 Å². The molecule has 1 aliphatic heterocycles. The second kappa shape index (κ2) is 5.25. The summed E-state index contributed by atoms with van der Waals surface area (Å²) in [6.07, 6.45) is 1.66. The number of amides is 1. The molecule has 0 saturated heterocycles. The summed E-state index contributed by atoms with van der Waals surface area (Å²) in [5.74, 6) is 0.601. The molecular weight excluding hydrogens is 272 g/mol. The van der Waals surface area contributed by atoms with Gasteiger partial charge >= 0.3 is 0 Å². The first-order valence-corrected chi connectivity index (χ1v) is 7.61. The number of carbonyl (C=O) groups is 1. The summed E-state index contributed by atoms with van der Waals surface area (Å²) < 4.78 is 5.55. The van der Waals surface area contributed by atoms with Crippen LogP contribution in [0.5, 0.6) is 5.75 Å². The lowest BCUT2D eigenvalue weighted by Crippen LogP contribution is -2.34. The van der Waals surface area contributed by atoms with Crippen LogP contribution in [0.4, 0.5) is 5.69 Å². The highest BCUT2D eigenvalue weighted by Crippen LogP contribution is 2.34. The van der Waals surface area contributed by atoms with E-state index in [2.05, 4.69) is 22.6 Å². The smallest absolute Gasteiger partial charge is 0.265 e. The van der Waals surface area contributed by atoms with Crippen LogP contribution in [0.25, 0.3) is 11.3 Å². The molecule has 0 aliphatic carbocycles. The van der Waals surface area contributed by atoms with E-state index in [9.17, 15) is 4.79 Å². The molecule has 3 rings (SSSR count). The number of hydrogen-bond acceptors (Lipinski definition) is 4. The molecule has 1 aromatic carbocycles. The van der Waals surface area contributed by atoms with Gasteiger partial charge in [0.1, 0.15) is 5.75 Å². The fourth-order valence-corrected chi connectivity index (χ4v) is 3.05. The first-order chi connectivity index (χ1) is 9.67. The number of benzene rings is 1. The van der Waals surface area contributed by atoms with Gasteiger partial charge in [-0.25, -0.2) is 4.98 Å². The van der Waals surface area contributed by atoms with Crippen molar-refractivity contribution in [2.45, 2.75) is 32.8 Å². The minimum atomic E-state index is -0.441. The van der Waals surface area contributed by atoms with Crippen LogP contribution < -0.4 is 10.1 Å². The van der Waals surface area contributed by atoms with E-state index in [-0.39, 0.29) is 5.91 Å². The molecule has 1 aromatic heterocycles. The summed E-state index contributed by atoms with van der Waals surface area (Å²) in [5.41, 5.74) is 2.67. The Morgan fingerprint density at radius 1 is 1.45 bits per heavy atom. The lowest BCUT2D eigenvalue weighted by molar-refractivity contribution is -0.122. The minimum absolute atomic E-state index is 0.111. The van der Waals surface area contributed by atoms with Gasteiger partial charge in [0.05, 0.1) is 16.4 Å². The Hall–Kier alpha value is -1.88. The van der Waals surface area contributed by atoms with Gasteiger partial charge in [0, 0.05) is 10.9 Å². The number of thiazole rings is 1. The zero-order valence-corrected chi connectivity index (χ0v) is 12.3. The molecule has 1 N–H and O–H groups in total. The monoisotopic (exact) mass is 288 g/mol. The van der Waals surface area contributed by atoms with Crippen molar-refractivity contribution in [3.63, 3.8) is 0 Å². The number of nitrogens with zero attached hydrogens (tertiary/aromatic N) is 1. The van der Waals surface area contributed by atoms with Crippen molar-refractivity contribution in [2.24, 2.45) is 0 Å². The van der Waals surface area contributed by atoms with Gasteiger partial charge in [-0.3, -0.25) is 4.79 Å². The van der Waals surface area contributed by atoms with Crippen LogP contribution in [-0.2, 0) is 11.2 Å². The maximum absolute atomic E-state index is 11.6. The lowest BCUT2D eigenvalue weighted by atomic mass is 10.1. The molecule has 0 bridgehead atoms. The van der Waals surface area contributed by atoms with Gasteiger partial charge in [-0.05, 0) is 38.0 Å². The van der Waals surface area contributed by atoms with Crippen LogP contribution in [0, 0.1) is 0 Å². The maximum atomic E-state index is 11.6. The predicted octanol–water partition coefficient (Wildman–Crippen LogP) is 3.48. The first-order valence-electron chi connectivity index (χ1n) is 6.73. The number of anilines is 1. The van der Waals surface area contributed by atoms with Gasteiger partial charge < -0.3 is 10.1 Å². The van der Waals surface area contributed by atoms with Crippen molar-refractivity contribution in [3.8, 4) is 17.0 Å². The third-order valence-electron chi connectivity index (χ3n) is 3.22. The Morgan fingerprint density at radius 3 is 3.10 bits per heavy atom. The fraction of sp³-hybridized carbons (Fsp3) is 0.333. The Kier molecular flexibility index (Phi) is 3.44. The molecule has 0 spiro atoms. The highest BCUT2D eigenvalue weighted by molar-refractivity contribution is 7.09. The number of rotatable bonds is 3. The molecule has 2 heterocycles. The molecule has 0 saturated carbocycles. The summed E-state index contributed by atoms with van der Waals surface area (Å²) in [6, 6.07) is 5.79. The van der Waals surface area contributed by atoms with E-state index < -0.39 is 6.10 Å². The van der Waals surface area contributed by atoms with Gasteiger partial charge in [-0.2, -0.15) is 0 Å². The van der Waals surface area contributed by atoms with Crippen LogP contribution in [0.15, 0.2) is 23.6 Å². The topological polar surface area (TPSA) is 51.2 Å². The number of aromatic nitrogens is 1. The maximum Gasteiger partial charge on any atom is 0.265 e. The lowest BCUT2D eigenvalue weighted by Gasteiger charge is -2.23. The van der Waals surface area contributed by atoms with Crippen molar-refractivity contribution in [1.82, 2.24) is 4.98 Å². The van der Waals surface area contributed by atoms with Gasteiger partial charge in [-0.15, -0.1) is 11.3 Å². The van der Waals surface area contributed by atoms with E-state index in [1.54, 1.807) is 18.3 Å². The molecule has 1 amide bonds. The van der Waals surface area contributed by atoms with E-state index in [4.69, 9.17) is 4.74 Å². The quantitative estimate of drug-likeness (QED) is 0.940. The van der Waals surface area contributed by atoms with E-state index in [1.807, 2.05) is 18.2 Å². The van der Waals surface area contributed by atoms with Crippen LogP contribution in [0.2, 0.25) is 0 Å². The second-order valence-electron chi connectivity index (χ2n) is 4.84. The summed E-state index contributed by atoms with van der Waals surface area (Å²) in [5, 5.41) is 6.07. The Morgan fingerprint density at radius 2 is 2.30 bits per heavy atom. The first kappa shape index (κ1) is 13.1. The largest absolute Gasteiger partial charge is 0.479 e. The average molecular weight is 288 g/mol. The van der Waals surface area contributed by atoms with Gasteiger partial charge in [0.15, 0.2) is 6.10 Å². The number of carbonyl (C=O) groups excluding carboxylic acids is 1. The number of ether oxygens (including phenoxy) is 1. The molecule has 0 fully saturated rings. The highest BCUT2D eigenvalue weighted by atomic mass is 32.1. The Bertz CT molecular complexity index is 651. The number of aryl methyl sites for hydroxylation is 1. The van der Waals surface area contributed by atoms with Crippen LogP contribution >= 0.6 is 11.3 Å². The average Bonchev–Trinajstić information content (AvgIpc) is 2.89. The SMILES string of the molecule is CCCc1nc(-c2ccc3c(c2)NC(=O)C(C)O3)cs1. The van der Waals surface area contributed by atoms with Gasteiger partial charge in [-0.1, -0.05) is 6.92 Å². The zero-order chi connectivity index (χ0) is 14.1. The third kappa shape index (κ3) is 2.41. The predicted molar refractivity (Wildman–Crippen MR) is 80.3 cm³/mol. The summed E-state index contributed by atoms with van der Waals surface area (Å²) in [7, 11) is 0. The van der Waals surface area contributed by atoms with E-state index >= 15 is 0 Å². The molecule has 20 heavy (non-hydrogen) atoms. The van der Waals surface area contributed by atoms with Crippen LogP contribution in [0.3, 0.4) is 0 Å². The standard InChI is InChI=1S/C15H16N2O2S/c1-3-4-14-16-12(8-20-14)10-5-6-13-11(7-10)17-15(18)9(2)19-13/h5-9H,3-4H2,1-2H3,(H,17,18). The molecule has 4 nitrogen and oxygen atoms in total. The van der Waals surface area contributed by atoms with Crippen LogP contribution in [-0.4, -0.2) is 17.0 Å². The number of fused-ring (bicyclic) bond motifs is 1. The highest BCUT2D eigenvalue weighted by Gasteiger charge is 2.23. The fourth-order valence-electron chi connectivity index (χ4n) is 2.14. The third-order valence-corrected chi connectivity index (χ3v) is 4.13. The van der Waals surface area contributed by atoms with Crippen molar-refractivity contribution < 1.29 is 9.53 Å². The molecule has 5 heteroatoms. The molecule has 2 aromatic rings. The van der Waals surface area contributed by atoms with E-state index in [1.165, 1.54) is 0 Å². The van der Waals surface area contributed by atoms with Crippen molar-refractivity contribution in [2.75, 3.05) is 5.32 Å². The Labute approximate surface area is 121 Å². The number of hydrogen-bond donors (Lipinski definition) is 1. The molecule has 1 atom stereocenters. The summed E-state index contributed by atoms with van der Waals surface area (Å²) >= 11 is 1.68. The summed E-state index contributed by atoms with van der Waals surface area (Å²) in [6.45, 7) is 3.89. The minimum Gasteiger partial charge on any atom is -0.479 e.